The molecule has 3 nitrogen and oxygen atoms in total. The lowest BCUT2D eigenvalue weighted by Gasteiger charge is -2.07. The number of halogens is 1. The molecule has 0 aliphatic heterocycles. The number of aromatic nitrogens is 1. The first-order valence-electron chi connectivity index (χ1n) is 7.00. The fourth-order valence-corrected chi connectivity index (χ4v) is 1.97. The van der Waals surface area contributed by atoms with Crippen molar-refractivity contribution < 1.29 is 4.74 Å². The predicted octanol–water partition coefficient (Wildman–Crippen LogP) is 3.94. The molecule has 4 heteroatoms. The number of nitrogens with one attached hydrogen (secondary N) is 1. The molecule has 0 aliphatic carbocycles. The van der Waals surface area contributed by atoms with Gasteiger partial charge in [0.25, 0.3) is 0 Å². The Morgan fingerprint density at radius 3 is 2.76 bits per heavy atom. The third kappa shape index (κ3) is 5.21. The van der Waals surface area contributed by atoms with Crippen LogP contribution in [0.3, 0.4) is 0 Å². The molecular formula is C17H19ClN2O. The van der Waals surface area contributed by atoms with Gasteiger partial charge in [-0.3, -0.25) is 0 Å². The van der Waals surface area contributed by atoms with Crippen LogP contribution in [0.1, 0.15) is 18.2 Å². The van der Waals surface area contributed by atoms with E-state index < -0.39 is 0 Å². The summed E-state index contributed by atoms with van der Waals surface area (Å²) in [4.78, 5) is 4.40. The van der Waals surface area contributed by atoms with E-state index in [-0.39, 0.29) is 0 Å². The van der Waals surface area contributed by atoms with Crippen LogP contribution in [-0.2, 0) is 6.54 Å². The first-order chi connectivity index (χ1) is 10.3. The molecule has 1 aromatic carbocycles. The number of nitrogens with zero attached hydrogens (tertiary/aromatic N) is 1. The van der Waals surface area contributed by atoms with Crippen molar-refractivity contribution in [2.24, 2.45) is 0 Å². The van der Waals surface area contributed by atoms with Crippen molar-refractivity contribution in [2.45, 2.75) is 13.5 Å². The van der Waals surface area contributed by atoms with E-state index in [1.807, 2.05) is 55.5 Å². The largest absolute Gasteiger partial charge is 0.473 e. The molecule has 21 heavy (non-hydrogen) atoms. The molecule has 1 N–H and O–H groups in total. The fourth-order valence-electron chi connectivity index (χ4n) is 1.79. The van der Waals surface area contributed by atoms with Gasteiger partial charge in [-0.05, 0) is 24.3 Å². The Labute approximate surface area is 130 Å². The Morgan fingerprint density at radius 2 is 2.00 bits per heavy atom. The Bertz CT molecular complexity index is 585. The lowest BCUT2D eigenvalue weighted by Crippen LogP contribution is -2.13. The van der Waals surface area contributed by atoms with Crippen LogP contribution in [0.25, 0.3) is 6.08 Å². The van der Waals surface area contributed by atoms with Gasteiger partial charge in [0.15, 0.2) is 0 Å². The standard InChI is InChI=1S/C17H19ClN2O/c1-2-19-13-16-15(18)10-11-17(20-16)21-12-6-9-14-7-4-3-5-8-14/h3-11,19H,2,12-13H2,1H3. The van der Waals surface area contributed by atoms with Gasteiger partial charge in [-0.15, -0.1) is 0 Å². The molecule has 110 valence electrons. The predicted molar refractivity (Wildman–Crippen MR) is 87.6 cm³/mol. The highest BCUT2D eigenvalue weighted by Crippen LogP contribution is 2.18. The van der Waals surface area contributed by atoms with Crippen LogP contribution in [0.4, 0.5) is 0 Å². The smallest absolute Gasteiger partial charge is 0.213 e. The molecule has 0 amide bonds. The van der Waals surface area contributed by atoms with Crippen molar-refractivity contribution >= 4 is 17.7 Å². The number of rotatable bonds is 7. The number of hydrogen-bond acceptors (Lipinski definition) is 3. The summed E-state index contributed by atoms with van der Waals surface area (Å²) in [5, 5.41) is 3.86. The van der Waals surface area contributed by atoms with E-state index in [4.69, 9.17) is 16.3 Å². The van der Waals surface area contributed by atoms with Crippen LogP contribution in [0.5, 0.6) is 5.88 Å². The Hall–Kier alpha value is -1.84. The molecular weight excluding hydrogens is 284 g/mol. The topological polar surface area (TPSA) is 34.2 Å². The van der Waals surface area contributed by atoms with Crippen molar-refractivity contribution in [1.29, 1.82) is 0 Å². The number of hydrogen-bond donors (Lipinski definition) is 1. The zero-order valence-electron chi connectivity index (χ0n) is 12.1. The molecule has 0 bridgehead atoms. The van der Waals surface area contributed by atoms with Crippen molar-refractivity contribution in [3.8, 4) is 5.88 Å². The number of ether oxygens (including phenoxy) is 1. The average Bonchev–Trinajstić information content (AvgIpc) is 2.52. The second-order valence-electron chi connectivity index (χ2n) is 4.48. The maximum absolute atomic E-state index is 6.10. The minimum Gasteiger partial charge on any atom is -0.473 e. The van der Waals surface area contributed by atoms with Gasteiger partial charge < -0.3 is 10.1 Å². The molecule has 2 aromatic rings. The molecule has 0 radical (unpaired) electrons. The molecule has 0 saturated heterocycles. The third-order valence-corrected chi connectivity index (χ3v) is 3.22. The van der Waals surface area contributed by atoms with Crippen LogP contribution in [0, 0.1) is 0 Å². The fraction of sp³-hybridized carbons (Fsp3) is 0.235. The minimum absolute atomic E-state index is 0.476. The maximum atomic E-state index is 6.10. The van der Waals surface area contributed by atoms with Crippen molar-refractivity contribution in [2.75, 3.05) is 13.2 Å². The van der Waals surface area contributed by atoms with Crippen molar-refractivity contribution in [1.82, 2.24) is 10.3 Å². The van der Waals surface area contributed by atoms with Crippen LogP contribution >= 0.6 is 11.6 Å². The highest BCUT2D eigenvalue weighted by Gasteiger charge is 2.03. The molecule has 0 atom stereocenters. The van der Waals surface area contributed by atoms with Gasteiger partial charge >= 0.3 is 0 Å². The number of benzene rings is 1. The van der Waals surface area contributed by atoms with Crippen LogP contribution in [-0.4, -0.2) is 18.1 Å². The lowest BCUT2D eigenvalue weighted by molar-refractivity contribution is 0.347. The highest BCUT2D eigenvalue weighted by atomic mass is 35.5. The van der Waals surface area contributed by atoms with Crippen molar-refractivity contribution in [3.05, 3.63) is 64.8 Å². The number of pyridine rings is 1. The summed E-state index contributed by atoms with van der Waals surface area (Å²) < 4.78 is 5.62. The second-order valence-corrected chi connectivity index (χ2v) is 4.89. The quantitative estimate of drug-likeness (QED) is 0.841. The van der Waals surface area contributed by atoms with Crippen LogP contribution in [0.2, 0.25) is 5.02 Å². The van der Waals surface area contributed by atoms with E-state index in [9.17, 15) is 0 Å². The molecule has 0 spiro atoms. The molecule has 1 heterocycles. The van der Waals surface area contributed by atoms with Gasteiger partial charge in [0.1, 0.15) is 6.61 Å². The summed E-state index contributed by atoms with van der Waals surface area (Å²) in [5.41, 5.74) is 1.96. The molecule has 0 unspecified atom stereocenters. The molecule has 0 fully saturated rings. The summed E-state index contributed by atoms with van der Waals surface area (Å²) in [7, 11) is 0. The molecule has 2 rings (SSSR count). The highest BCUT2D eigenvalue weighted by molar-refractivity contribution is 6.31. The lowest BCUT2D eigenvalue weighted by atomic mass is 10.2. The normalized spacial score (nSPS) is 11.0. The van der Waals surface area contributed by atoms with Crippen molar-refractivity contribution in [3.63, 3.8) is 0 Å². The summed E-state index contributed by atoms with van der Waals surface area (Å²) in [6.07, 6.45) is 3.99. The van der Waals surface area contributed by atoms with E-state index in [0.717, 1.165) is 17.8 Å². The summed E-state index contributed by atoms with van der Waals surface area (Å²) >= 11 is 6.10. The molecule has 0 saturated carbocycles. The Balaban J connectivity index is 1.89. The Kier molecular flexibility index (Phi) is 6.25. The van der Waals surface area contributed by atoms with Gasteiger partial charge in [0, 0.05) is 12.6 Å². The Morgan fingerprint density at radius 1 is 1.19 bits per heavy atom. The molecule has 0 aliphatic rings. The monoisotopic (exact) mass is 302 g/mol. The minimum atomic E-state index is 0.476. The first kappa shape index (κ1) is 15.5. The molecule has 1 aromatic heterocycles. The van der Waals surface area contributed by atoms with E-state index in [1.54, 1.807) is 6.07 Å². The van der Waals surface area contributed by atoms with E-state index in [1.165, 1.54) is 0 Å². The van der Waals surface area contributed by atoms with Crippen LogP contribution < -0.4 is 10.1 Å². The van der Waals surface area contributed by atoms with Crippen LogP contribution in [0.15, 0.2) is 48.5 Å². The van der Waals surface area contributed by atoms with E-state index in [0.29, 0.717) is 24.1 Å². The summed E-state index contributed by atoms with van der Waals surface area (Å²) in [6, 6.07) is 13.7. The zero-order chi connectivity index (χ0) is 14.9. The first-order valence-corrected chi connectivity index (χ1v) is 7.38. The van der Waals surface area contributed by atoms with Gasteiger partial charge in [0.2, 0.25) is 5.88 Å². The van der Waals surface area contributed by atoms with Gasteiger partial charge in [-0.1, -0.05) is 54.9 Å². The van der Waals surface area contributed by atoms with Gasteiger partial charge in [-0.25, -0.2) is 4.98 Å². The van der Waals surface area contributed by atoms with Gasteiger partial charge in [-0.2, -0.15) is 0 Å². The third-order valence-electron chi connectivity index (χ3n) is 2.87. The SMILES string of the molecule is CCNCc1nc(OCC=Cc2ccccc2)ccc1Cl. The second kappa shape index (κ2) is 8.45. The van der Waals surface area contributed by atoms with Gasteiger partial charge in [0.05, 0.1) is 10.7 Å². The summed E-state index contributed by atoms with van der Waals surface area (Å²) in [5.74, 6) is 0.588. The maximum Gasteiger partial charge on any atom is 0.213 e. The average molecular weight is 303 g/mol. The van der Waals surface area contributed by atoms with E-state index in [2.05, 4.69) is 10.3 Å². The van der Waals surface area contributed by atoms with E-state index >= 15 is 0 Å². The zero-order valence-corrected chi connectivity index (χ0v) is 12.8. The summed E-state index contributed by atoms with van der Waals surface area (Å²) in [6.45, 7) is 4.04.